The lowest BCUT2D eigenvalue weighted by Gasteiger charge is -2.34. The zero-order valence-corrected chi connectivity index (χ0v) is 14.1. The zero-order chi connectivity index (χ0) is 17.2. The number of sulfonamides is 1. The fraction of sp³-hybridized carbons (Fsp3) is 0.235. The fourth-order valence-corrected chi connectivity index (χ4v) is 3.83. The average Bonchev–Trinajstić information content (AvgIpc) is 2.55. The number of hydrogen-bond donors (Lipinski definition) is 2. The average molecular weight is 345 g/mol. The SMILES string of the molecule is CS(=O)(=O)N1CCC(NC(=O)Nc2ccccc2)c2ccccc21. The normalized spacial score (nSPS) is 17.0. The maximum Gasteiger partial charge on any atom is 0.319 e. The van der Waals surface area contributed by atoms with Crippen LogP contribution in [-0.2, 0) is 10.0 Å². The summed E-state index contributed by atoms with van der Waals surface area (Å²) >= 11 is 0. The molecule has 0 aromatic heterocycles. The molecule has 0 aliphatic carbocycles. The molecule has 2 N–H and O–H groups in total. The molecule has 1 heterocycles. The van der Waals surface area contributed by atoms with Crippen LogP contribution in [0.4, 0.5) is 16.2 Å². The van der Waals surface area contributed by atoms with Gasteiger partial charge < -0.3 is 10.6 Å². The van der Waals surface area contributed by atoms with Crippen LogP contribution < -0.4 is 14.9 Å². The lowest BCUT2D eigenvalue weighted by Crippen LogP contribution is -2.41. The van der Waals surface area contributed by atoms with Crippen LogP contribution in [0.25, 0.3) is 0 Å². The first-order valence-corrected chi connectivity index (χ1v) is 9.49. The third-order valence-electron chi connectivity index (χ3n) is 3.94. The van der Waals surface area contributed by atoms with E-state index in [1.54, 1.807) is 24.3 Å². The van der Waals surface area contributed by atoms with Crippen LogP contribution >= 0.6 is 0 Å². The number of nitrogens with zero attached hydrogens (tertiary/aromatic N) is 1. The van der Waals surface area contributed by atoms with E-state index in [0.29, 0.717) is 24.3 Å². The topological polar surface area (TPSA) is 78.5 Å². The van der Waals surface area contributed by atoms with E-state index in [1.165, 1.54) is 10.6 Å². The molecule has 1 aliphatic rings. The summed E-state index contributed by atoms with van der Waals surface area (Å²) in [5, 5.41) is 5.70. The molecule has 0 bridgehead atoms. The van der Waals surface area contributed by atoms with Gasteiger partial charge >= 0.3 is 6.03 Å². The molecule has 0 spiro atoms. The highest BCUT2D eigenvalue weighted by Crippen LogP contribution is 2.34. The Bertz CT molecular complexity index is 837. The van der Waals surface area contributed by atoms with Gasteiger partial charge in [0, 0.05) is 12.2 Å². The van der Waals surface area contributed by atoms with Crippen molar-refractivity contribution in [3.05, 3.63) is 60.2 Å². The molecule has 3 rings (SSSR count). The quantitative estimate of drug-likeness (QED) is 0.898. The summed E-state index contributed by atoms with van der Waals surface area (Å²) in [6, 6.07) is 15.9. The van der Waals surface area contributed by atoms with Gasteiger partial charge in [-0.15, -0.1) is 0 Å². The second kappa shape index (κ2) is 6.52. The Morgan fingerprint density at radius 2 is 1.75 bits per heavy atom. The van der Waals surface area contributed by atoms with Gasteiger partial charge in [-0.1, -0.05) is 36.4 Å². The molecule has 2 aromatic carbocycles. The molecular formula is C17H19N3O3S. The van der Waals surface area contributed by atoms with E-state index in [1.807, 2.05) is 30.3 Å². The summed E-state index contributed by atoms with van der Waals surface area (Å²) in [7, 11) is -3.33. The first kappa shape index (κ1) is 16.3. The monoisotopic (exact) mass is 345 g/mol. The van der Waals surface area contributed by atoms with E-state index in [2.05, 4.69) is 10.6 Å². The standard InChI is InChI=1S/C17H19N3O3S/c1-24(22,23)20-12-11-15(14-9-5-6-10-16(14)20)19-17(21)18-13-7-3-2-4-8-13/h2-10,15H,11-12H2,1H3,(H2,18,19,21). The number of para-hydroxylation sites is 2. The van der Waals surface area contributed by atoms with Gasteiger partial charge in [0.1, 0.15) is 0 Å². The molecule has 24 heavy (non-hydrogen) atoms. The summed E-state index contributed by atoms with van der Waals surface area (Å²) in [5.74, 6) is 0. The van der Waals surface area contributed by atoms with Gasteiger partial charge in [0.25, 0.3) is 0 Å². The van der Waals surface area contributed by atoms with Crippen LogP contribution in [0.5, 0.6) is 0 Å². The Morgan fingerprint density at radius 3 is 2.46 bits per heavy atom. The molecule has 2 aromatic rings. The van der Waals surface area contributed by atoms with E-state index < -0.39 is 10.0 Å². The summed E-state index contributed by atoms with van der Waals surface area (Å²) in [5.41, 5.74) is 2.13. The van der Waals surface area contributed by atoms with Gasteiger partial charge in [0.05, 0.1) is 18.0 Å². The number of rotatable bonds is 3. The van der Waals surface area contributed by atoms with Gasteiger partial charge in [-0.2, -0.15) is 0 Å². The van der Waals surface area contributed by atoms with E-state index in [0.717, 1.165) is 5.56 Å². The summed E-state index contributed by atoms with van der Waals surface area (Å²) in [6.45, 7) is 0.339. The smallest absolute Gasteiger partial charge is 0.319 e. The molecule has 2 amide bonds. The number of urea groups is 1. The van der Waals surface area contributed by atoms with Crippen molar-refractivity contribution in [3.63, 3.8) is 0 Å². The number of nitrogens with one attached hydrogen (secondary N) is 2. The molecule has 6 nitrogen and oxygen atoms in total. The van der Waals surface area contributed by atoms with Gasteiger partial charge in [-0.3, -0.25) is 4.31 Å². The first-order chi connectivity index (χ1) is 11.4. The number of benzene rings is 2. The number of fused-ring (bicyclic) bond motifs is 1. The zero-order valence-electron chi connectivity index (χ0n) is 13.3. The van der Waals surface area contributed by atoms with Crippen molar-refractivity contribution >= 4 is 27.4 Å². The van der Waals surface area contributed by atoms with Gasteiger partial charge in [0.2, 0.25) is 10.0 Å². The molecule has 1 unspecified atom stereocenters. The number of amides is 2. The third kappa shape index (κ3) is 3.51. The molecule has 0 fully saturated rings. The first-order valence-electron chi connectivity index (χ1n) is 7.64. The predicted octanol–water partition coefficient (Wildman–Crippen LogP) is 2.72. The molecule has 1 aliphatic heterocycles. The highest BCUT2D eigenvalue weighted by atomic mass is 32.2. The van der Waals surface area contributed by atoms with Crippen molar-refractivity contribution in [3.8, 4) is 0 Å². The number of anilines is 2. The highest BCUT2D eigenvalue weighted by Gasteiger charge is 2.30. The Morgan fingerprint density at radius 1 is 1.08 bits per heavy atom. The Kier molecular flexibility index (Phi) is 4.44. The van der Waals surface area contributed by atoms with Crippen molar-refractivity contribution in [2.45, 2.75) is 12.5 Å². The molecule has 0 radical (unpaired) electrons. The van der Waals surface area contributed by atoms with Crippen molar-refractivity contribution < 1.29 is 13.2 Å². The van der Waals surface area contributed by atoms with Crippen LogP contribution in [0.2, 0.25) is 0 Å². The lowest BCUT2D eigenvalue weighted by atomic mass is 9.98. The van der Waals surface area contributed by atoms with Crippen molar-refractivity contribution in [2.24, 2.45) is 0 Å². The minimum Gasteiger partial charge on any atom is -0.331 e. The lowest BCUT2D eigenvalue weighted by molar-refractivity contribution is 0.248. The van der Waals surface area contributed by atoms with Crippen LogP contribution in [-0.4, -0.2) is 27.2 Å². The predicted molar refractivity (Wildman–Crippen MR) is 94.6 cm³/mol. The van der Waals surface area contributed by atoms with E-state index in [9.17, 15) is 13.2 Å². The van der Waals surface area contributed by atoms with E-state index in [4.69, 9.17) is 0 Å². The number of hydrogen-bond acceptors (Lipinski definition) is 3. The van der Waals surface area contributed by atoms with Crippen LogP contribution in [0.1, 0.15) is 18.0 Å². The summed E-state index contributed by atoms with van der Waals surface area (Å²) < 4.78 is 25.3. The molecule has 126 valence electrons. The van der Waals surface area contributed by atoms with Crippen LogP contribution in [0.3, 0.4) is 0 Å². The van der Waals surface area contributed by atoms with Gasteiger partial charge in [0.15, 0.2) is 0 Å². The Hall–Kier alpha value is -2.54. The van der Waals surface area contributed by atoms with Crippen molar-refractivity contribution in [1.29, 1.82) is 0 Å². The van der Waals surface area contributed by atoms with Gasteiger partial charge in [-0.25, -0.2) is 13.2 Å². The van der Waals surface area contributed by atoms with Crippen molar-refractivity contribution in [2.75, 3.05) is 22.4 Å². The molecule has 0 saturated heterocycles. The van der Waals surface area contributed by atoms with Crippen LogP contribution in [0.15, 0.2) is 54.6 Å². The number of carbonyl (C=O) groups is 1. The summed E-state index contributed by atoms with van der Waals surface area (Å²) in [6.07, 6.45) is 1.71. The third-order valence-corrected chi connectivity index (χ3v) is 5.12. The second-order valence-electron chi connectivity index (χ2n) is 5.70. The molecular weight excluding hydrogens is 326 g/mol. The second-order valence-corrected chi connectivity index (χ2v) is 7.61. The molecule has 0 saturated carbocycles. The Balaban J connectivity index is 1.79. The van der Waals surface area contributed by atoms with Gasteiger partial charge in [-0.05, 0) is 30.2 Å². The minimum absolute atomic E-state index is 0.233. The number of carbonyl (C=O) groups excluding carboxylic acids is 1. The highest BCUT2D eigenvalue weighted by molar-refractivity contribution is 7.92. The maximum absolute atomic E-state index is 12.2. The van der Waals surface area contributed by atoms with E-state index >= 15 is 0 Å². The largest absolute Gasteiger partial charge is 0.331 e. The minimum atomic E-state index is -3.33. The molecule has 7 heteroatoms. The van der Waals surface area contributed by atoms with Crippen molar-refractivity contribution in [1.82, 2.24) is 5.32 Å². The Labute approximate surface area is 141 Å². The maximum atomic E-state index is 12.2. The van der Waals surface area contributed by atoms with E-state index in [-0.39, 0.29) is 12.1 Å². The molecule has 1 atom stereocenters. The fourth-order valence-electron chi connectivity index (χ4n) is 2.87. The summed E-state index contributed by atoms with van der Waals surface area (Å²) in [4.78, 5) is 12.2. The van der Waals surface area contributed by atoms with Crippen LogP contribution in [0, 0.1) is 0 Å².